The van der Waals surface area contributed by atoms with Crippen LogP contribution in [0.2, 0.25) is 0 Å². The summed E-state index contributed by atoms with van der Waals surface area (Å²) in [5.74, 6) is 0.206. The summed E-state index contributed by atoms with van der Waals surface area (Å²) < 4.78 is 37.7. The van der Waals surface area contributed by atoms with E-state index in [1.54, 1.807) is 0 Å². The highest BCUT2D eigenvalue weighted by Gasteiger charge is 2.57. The Labute approximate surface area is 190 Å². The number of carboxylic acid groups (broad SMARTS) is 1. The van der Waals surface area contributed by atoms with E-state index in [2.05, 4.69) is 0 Å². The van der Waals surface area contributed by atoms with Gasteiger partial charge in [-0.05, 0) is 86.2 Å². The average molecular weight is 466 g/mol. The Bertz CT molecular complexity index is 932. The van der Waals surface area contributed by atoms with Crippen LogP contribution in [0, 0.1) is 17.3 Å². The molecule has 0 aliphatic heterocycles. The highest BCUT2D eigenvalue weighted by Crippen LogP contribution is 2.64. The molecule has 3 atom stereocenters. The molecule has 1 aromatic carbocycles. The summed E-state index contributed by atoms with van der Waals surface area (Å²) in [6.07, 6.45) is 9.55. The SMILES string of the molecule is N[C@@H](Cc1cccc(COC23CC4CC(CC(CCCCS(=O)(=O)O)(C4)C2)C3)c1)C(=O)O. The number of carboxylic acids is 1. The van der Waals surface area contributed by atoms with Crippen LogP contribution in [-0.2, 0) is 32.7 Å². The molecule has 0 heterocycles. The summed E-state index contributed by atoms with van der Waals surface area (Å²) in [4.78, 5) is 11.1. The van der Waals surface area contributed by atoms with Crippen LogP contribution in [0.1, 0.15) is 68.9 Å². The predicted octanol–water partition coefficient (Wildman–Crippen LogP) is 3.55. The van der Waals surface area contributed by atoms with Gasteiger partial charge in [-0.1, -0.05) is 30.7 Å². The predicted molar refractivity (Wildman–Crippen MR) is 121 cm³/mol. The minimum absolute atomic E-state index is 0.111. The van der Waals surface area contributed by atoms with Gasteiger partial charge in [0.25, 0.3) is 10.1 Å². The van der Waals surface area contributed by atoms with Crippen molar-refractivity contribution in [3.8, 4) is 0 Å². The van der Waals surface area contributed by atoms with Crippen LogP contribution >= 0.6 is 0 Å². The smallest absolute Gasteiger partial charge is 0.320 e. The molecule has 0 aromatic heterocycles. The van der Waals surface area contributed by atoms with Crippen molar-refractivity contribution in [2.75, 3.05) is 5.75 Å². The molecule has 0 radical (unpaired) electrons. The van der Waals surface area contributed by atoms with E-state index in [0.29, 0.717) is 31.3 Å². The molecule has 8 heteroatoms. The van der Waals surface area contributed by atoms with E-state index in [1.165, 1.54) is 19.3 Å². The Morgan fingerprint density at radius 2 is 1.84 bits per heavy atom. The first-order valence-electron chi connectivity index (χ1n) is 11.7. The molecule has 4 N–H and O–H groups in total. The number of nitrogens with two attached hydrogens (primary N) is 1. The molecule has 0 amide bonds. The molecule has 4 fully saturated rings. The van der Waals surface area contributed by atoms with Crippen molar-refractivity contribution in [1.29, 1.82) is 0 Å². The molecule has 32 heavy (non-hydrogen) atoms. The standard InChI is InChI=1S/C24H35NO6S/c25-21(22(26)27)10-17-4-3-5-18(8-17)15-31-24-13-19-9-20(14-24)12-23(11-19,16-24)6-1-2-7-32(28,29)30/h3-5,8,19-21H,1-2,6-7,9-16,25H2,(H,26,27)(H,28,29,30)/t19?,20?,21-,23?,24?/m0/s1. The molecule has 2 unspecified atom stereocenters. The van der Waals surface area contributed by atoms with E-state index in [1.807, 2.05) is 24.3 Å². The second kappa shape index (κ2) is 9.05. The topological polar surface area (TPSA) is 127 Å². The van der Waals surface area contributed by atoms with Gasteiger partial charge in [-0.25, -0.2) is 0 Å². The van der Waals surface area contributed by atoms with E-state index in [9.17, 15) is 13.2 Å². The van der Waals surface area contributed by atoms with Crippen molar-refractivity contribution < 1.29 is 27.6 Å². The van der Waals surface area contributed by atoms with Crippen molar-refractivity contribution >= 4 is 16.1 Å². The maximum atomic E-state index is 11.1. The molecule has 0 spiro atoms. The summed E-state index contributed by atoms with van der Waals surface area (Å²) in [6, 6.07) is 6.93. The van der Waals surface area contributed by atoms with Gasteiger partial charge < -0.3 is 15.6 Å². The van der Waals surface area contributed by atoms with Crippen LogP contribution < -0.4 is 5.73 Å². The molecule has 4 saturated carbocycles. The summed E-state index contributed by atoms with van der Waals surface area (Å²) in [6.45, 7) is 0.508. The van der Waals surface area contributed by atoms with Crippen molar-refractivity contribution in [1.82, 2.24) is 0 Å². The van der Waals surface area contributed by atoms with Crippen molar-refractivity contribution in [3.63, 3.8) is 0 Å². The minimum Gasteiger partial charge on any atom is -0.480 e. The Morgan fingerprint density at radius 3 is 2.50 bits per heavy atom. The Kier molecular flexibility index (Phi) is 6.69. The molecule has 7 nitrogen and oxygen atoms in total. The molecule has 178 valence electrons. The fourth-order valence-corrected chi connectivity index (χ4v) is 7.60. The summed E-state index contributed by atoms with van der Waals surface area (Å²) in [7, 11) is -3.88. The summed E-state index contributed by atoms with van der Waals surface area (Å²) in [5, 5.41) is 9.06. The quantitative estimate of drug-likeness (QED) is 0.337. The van der Waals surface area contributed by atoms with Crippen LogP contribution in [0.4, 0.5) is 0 Å². The molecular formula is C24H35NO6S. The summed E-state index contributed by atoms with van der Waals surface area (Å²) in [5.41, 5.74) is 7.75. The first-order valence-corrected chi connectivity index (χ1v) is 13.3. The zero-order chi connectivity index (χ0) is 23.0. The number of rotatable bonds is 11. The van der Waals surface area contributed by atoms with Crippen LogP contribution in [0.25, 0.3) is 0 Å². The van der Waals surface area contributed by atoms with Gasteiger partial charge in [0.1, 0.15) is 6.04 Å². The lowest BCUT2D eigenvalue weighted by atomic mass is 9.47. The van der Waals surface area contributed by atoms with Gasteiger partial charge in [0.05, 0.1) is 18.0 Å². The van der Waals surface area contributed by atoms with Crippen LogP contribution in [0.5, 0.6) is 0 Å². The van der Waals surface area contributed by atoms with Gasteiger partial charge in [-0.2, -0.15) is 8.42 Å². The molecule has 4 bridgehead atoms. The van der Waals surface area contributed by atoms with Crippen LogP contribution in [-0.4, -0.2) is 41.4 Å². The number of aliphatic carboxylic acids is 1. The van der Waals surface area contributed by atoms with E-state index >= 15 is 0 Å². The van der Waals surface area contributed by atoms with Gasteiger partial charge in [0.2, 0.25) is 0 Å². The molecule has 4 aliphatic rings. The second-order valence-electron chi connectivity index (χ2n) is 10.6. The maximum absolute atomic E-state index is 11.1. The van der Waals surface area contributed by atoms with Gasteiger partial charge >= 0.3 is 5.97 Å². The van der Waals surface area contributed by atoms with E-state index in [0.717, 1.165) is 43.2 Å². The van der Waals surface area contributed by atoms with Crippen LogP contribution in [0.3, 0.4) is 0 Å². The third-order valence-corrected chi connectivity index (χ3v) is 8.60. The van der Waals surface area contributed by atoms with Gasteiger partial charge in [-0.15, -0.1) is 0 Å². The number of hydrogen-bond donors (Lipinski definition) is 3. The normalized spacial score (nSPS) is 32.2. The highest BCUT2D eigenvalue weighted by atomic mass is 32.2. The molecule has 5 rings (SSSR count). The number of carbonyl (C=O) groups is 1. The highest BCUT2D eigenvalue weighted by molar-refractivity contribution is 7.85. The van der Waals surface area contributed by atoms with Crippen molar-refractivity contribution in [3.05, 3.63) is 35.4 Å². The lowest BCUT2D eigenvalue weighted by molar-refractivity contribution is -0.200. The van der Waals surface area contributed by atoms with Crippen molar-refractivity contribution in [2.24, 2.45) is 23.0 Å². The molecular weight excluding hydrogens is 430 g/mol. The fraction of sp³-hybridized carbons (Fsp3) is 0.708. The van der Waals surface area contributed by atoms with E-state index in [-0.39, 0.29) is 16.8 Å². The Balaban J connectivity index is 1.38. The lowest BCUT2D eigenvalue weighted by Crippen LogP contribution is -2.56. The molecule has 4 aliphatic carbocycles. The lowest BCUT2D eigenvalue weighted by Gasteiger charge is -2.62. The first kappa shape index (κ1) is 23.7. The first-order chi connectivity index (χ1) is 15.1. The van der Waals surface area contributed by atoms with Gasteiger partial charge in [0.15, 0.2) is 0 Å². The number of unbranched alkanes of at least 4 members (excludes halogenated alkanes) is 1. The fourth-order valence-electron chi connectivity index (χ4n) is 7.03. The van der Waals surface area contributed by atoms with E-state index in [4.69, 9.17) is 20.1 Å². The average Bonchev–Trinajstić information content (AvgIpc) is 2.68. The second-order valence-corrected chi connectivity index (χ2v) is 12.2. The molecule has 1 aromatic rings. The van der Waals surface area contributed by atoms with Crippen LogP contribution in [0.15, 0.2) is 24.3 Å². The van der Waals surface area contributed by atoms with E-state index < -0.39 is 22.1 Å². The van der Waals surface area contributed by atoms with Gasteiger partial charge in [0, 0.05) is 0 Å². The summed E-state index contributed by atoms with van der Waals surface area (Å²) >= 11 is 0. The maximum Gasteiger partial charge on any atom is 0.320 e. The van der Waals surface area contributed by atoms with Crippen molar-refractivity contribution in [2.45, 2.75) is 82.5 Å². The van der Waals surface area contributed by atoms with Gasteiger partial charge in [-0.3, -0.25) is 9.35 Å². The molecule has 0 saturated heterocycles. The number of hydrogen-bond acceptors (Lipinski definition) is 5. The number of ether oxygens (including phenoxy) is 1. The third-order valence-electron chi connectivity index (χ3n) is 7.80. The number of benzene rings is 1. The third kappa shape index (κ3) is 5.71. The monoisotopic (exact) mass is 465 g/mol. The largest absolute Gasteiger partial charge is 0.480 e. The Morgan fingerprint density at radius 1 is 1.16 bits per heavy atom. The minimum atomic E-state index is -3.88. The zero-order valence-corrected chi connectivity index (χ0v) is 19.4. The Hall–Kier alpha value is -1.48. The zero-order valence-electron chi connectivity index (χ0n) is 18.5.